The van der Waals surface area contributed by atoms with Gasteiger partial charge in [-0.1, -0.05) is 30.3 Å². The molecule has 1 aromatic heterocycles. The number of anilines is 1. The summed E-state index contributed by atoms with van der Waals surface area (Å²) in [6.07, 6.45) is 2.14. The highest BCUT2D eigenvalue weighted by Gasteiger charge is 2.41. The third-order valence-electron chi connectivity index (χ3n) is 7.41. The lowest BCUT2D eigenvalue weighted by Gasteiger charge is -2.22. The van der Waals surface area contributed by atoms with Gasteiger partial charge in [0.05, 0.1) is 28.9 Å². The van der Waals surface area contributed by atoms with E-state index < -0.39 is 5.41 Å². The number of amides is 1. The Morgan fingerprint density at radius 3 is 2.69 bits per heavy atom. The Hall–Kier alpha value is -2.96. The summed E-state index contributed by atoms with van der Waals surface area (Å²) in [4.78, 5) is 22.4. The van der Waals surface area contributed by atoms with Crippen LogP contribution in [0.2, 0.25) is 0 Å². The molecule has 1 fully saturated rings. The number of aryl methyl sites for hydroxylation is 1. The van der Waals surface area contributed by atoms with Gasteiger partial charge in [-0.25, -0.2) is 0 Å². The maximum Gasteiger partial charge on any atom is 0.234 e. The number of para-hydroxylation sites is 1. The maximum atomic E-state index is 12.4. The van der Waals surface area contributed by atoms with Crippen molar-refractivity contribution in [2.24, 2.45) is 0 Å². The van der Waals surface area contributed by atoms with E-state index in [1.54, 1.807) is 0 Å². The number of nitrogens with zero attached hydrogens (tertiary/aromatic N) is 3. The Kier molecular flexibility index (Phi) is 6.76. The van der Waals surface area contributed by atoms with Crippen LogP contribution in [0, 0.1) is 6.92 Å². The molecule has 1 saturated heterocycles. The van der Waals surface area contributed by atoms with E-state index in [0.29, 0.717) is 6.61 Å². The van der Waals surface area contributed by atoms with E-state index in [9.17, 15) is 4.79 Å². The second-order valence-electron chi connectivity index (χ2n) is 10.4. The van der Waals surface area contributed by atoms with Crippen LogP contribution < -0.4 is 10.1 Å². The smallest absolute Gasteiger partial charge is 0.234 e. The number of hydrogen-bond acceptors (Lipinski definition) is 5. The van der Waals surface area contributed by atoms with E-state index in [0.717, 1.165) is 79.5 Å². The van der Waals surface area contributed by atoms with Crippen LogP contribution in [0.4, 0.5) is 5.69 Å². The van der Waals surface area contributed by atoms with Crippen LogP contribution in [0.3, 0.4) is 0 Å². The first kappa shape index (κ1) is 23.8. The van der Waals surface area contributed by atoms with E-state index in [1.165, 1.54) is 11.8 Å². The molecule has 0 spiro atoms. The van der Waals surface area contributed by atoms with E-state index in [1.807, 2.05) is 32.9 Å². The van der Waals surface area contributed by atoms with Crippen molar-refractivity contribution >= 4 is 22.5 Å². The third-order valence-corrected chi connectivity index (χ3v) is 7.41. The van der Waals surface area contributed by atoms with Crippen LogP contribution in [-0.2, 0) is 16.8 Å². The minimum atomic E-state index is -0.565. The molecule has 2 aliphatic heterocycles. The van der Waals surface area contributed by atoms with Gasteiger partial charge in [-0.2, -0.15) is 0 Å². The summed E-state index contributed by atoms with van der Waals surface area (Å²) < 4.78 is 6.21. The van der Waals surface area contributed by atoms with Gasteiger partial charge in [-0.15, -0.1) is 0 Å². The number of rotatable bonds is 7. The zero-order chi connectivity index (χ0) is 24.4. The minimum absolute atomic E-state index is 0.0414. The summed E-state index contributed by atoms with van der Waals surface area (Å²) in [6.45, 7) is 12.9. The first-order valence-electron chi connectivity index (χ1n) is 12.8. The SMILES string of the molecule is Cc1ccc(OCCCN2CCCN(Cc3ccc4ccccc4n3)CC2)c2c1NC(=O)C2(C)C. The summed E-state index contributed by atoms with van der Waals surface area (Å²) in [7, 11) is 0. The molecule has 0 unspecified atom stereocenters. The number of hydrogen-bond donors (Lipinski definition) is 1. The summed E-state index contributed by atoms with van der Waals surface area (Å²) in [5.41, 5.74) is 4.65. The number of benzene rings is 2. The lowest BCUT2D eigenvalue weighted by molar-refractivity contribution is -0.119. The van der Waals surface area contributed by atoms with E-state index >= 15 is 0 Å². The highest BCUT2D eigenvalue weighted by molar-refractivity contribution is 6.07. The van der Waals surface area contributed by atoms with Crippen LogP contribution in [0.1, 0.15) is 43.5 Å². The fraction of sp³-hybridized carbons (Fsp3) is 0.448. The molecule has 2 aliphatic rings. The van der Waals surface area contributed by atoms with Gasteiger partial charge in [-0.05, 0) is 70.5 Å². The van der Waals surface area contributed by atoms with Crippen LogP contribution in [-0.4, -0.2) is 60.0 Å². The molecular weight excluding hydrogens is 436 g/mol. The van der Waals surface area contributed by atoms with Crippen LogP contribution in [0.5, 0.6) is 5.75 Å². The third kappa shape index (κ3) is 5.04. The van der Waals surface area contributed by atoms with Gasteiger partial charge in [0.1, 0.15) is 5.75 Å². The quantitative estimate of drug-likeness (QED) is 0.503. The molecule has 35 heavy (non-hydrogen) atoms. The monoisotopic (exact) mass is 472 g/mol. The summed E-state index contributed by atoms with van der Waals surface area (Å²) in [5, 5.41) is 4.24. The fourth-order valence-corrected chi connectivity index (χ4v) is 5.27. The average molecular weight is 473 g/mol. The Bertz CT molecular complexity index is 1220. The molecule has 6 nitrogen and oxygen atoms in total. The molecule has 0 saturated carbocycles. The van der Waals surface area contributed by atoms with Gasteiger partial charge < -0.3 is 15.0 Å². The van der Waals surface area contributed by atoms with Crippen molar-refractivity contribution in [1.29, 1.82) is 0 Å². The molecule has 184 valence electrons. The molecule has 3 aromatic rings. The zero-order valence-corrected chi connectivity index (χ0v) is 21.1. The van der Waals surface area contributed by atoms with Crippen molar-refractivity contribution in [3.63, 3.8) is 0 Å². The van der Waals surface area contributed by atoms with Crippen molar-refractivity contribution in [3.05, 3.63) is 65.4 Å². The largest absolute Gasteiger partial charge is 0.493 e. The van der Waals surface area contributed by atoms with Gasteiger partial charge in [0.2, 0.25) is 5.91 Å². The molecule has 1 N–H and O–H groups in total. The number of pyridine rings is 1. The zero-order valence-electron chi connectivity index (χ0n) is 21.1. The number of carbonyl (C=O) groups excluding carboxylic acids is 1. The lowest BCUT2D eigenvalue weighted by atomic mass is 9.85. The van der Waals surface area contributed by atoms with E-state index in [-0.39, 0.29) is 5.91 Å². The molecule has 6 heteroatoms. The number of nitrogens with one attached hydrogen (secondary N) is 1. The summed E-state index contributed by atoms with van der Waals surface area (Å²) in [6, 6.07) is 16.7. The van der Waals surface area contributed by atoms with Crippen molar-refractivity contribution in [1.82, 2.24) is 14.8 Å². The van der Waals surface area contributed by atoms with E-state index in [4.69, 9.17) is 9.72 Å². The van der Waals surface area contributed by atoms with Crippen molar-refractivity contribution in [2.75, 3.05) is 44.6 Å². The van der Waals surface area contributed by atoms with Gasteiger partial charge in [0.15, 0.2) is 0 Å². The molecule has 1 amide bonds. The predicted molar refractivity (Wildman–Crippen MR) is 141 cm³/mol. The van der Waals surface area contributed by atoms with Crippen molar-refractivity contribution in [2.45, 2.75) is 45.6 Å². The van der Waals surface area contributed by atoms with Crippen LogP contribution >= 0.6 is 0 Å². The van der Waals surface area contributed by atoms with Gasteiger partial charge in [-0.3, -0.25) is 14.7 Å². The lowest BCUT2D eigenvalue weighted by Crippen LogP contribution is -2.32. The van der Waals surface area contributed by atoms with Gasteiger partial charge in [0.25, 0.3) is 0 Å². The number of fused-ring (bicyclic) bond motifs is 2. The normalized spacial score (nSPS) is 18.3. The predicted octanol–water partition coefficient (Wildman–Crippen LogP) is 4.75. The number of ether oxygens (including phenoxy) is 1. The fourth-order valence-electron chi connectivity index (χ4n) is 5.27. The summed E-state index contributed by atoms with van der Waals surface area (Å²) in [5.74, 6) is 0.874. The number of carbonyl (C=O) groups is 1. The molecule has 5 rings (SSSR count). The standard InChI is InChI=1S/C29H36N4O2/c1-21-10-13-25(26-27(21)31-28(34)29(26,2)3)35-19-7-16-32-14-6-15-33(18-17-32)20-23-12-11-22-8-4-5-9-24(22)30-23/h4-5,8-13H,6-7,14-20H2,1-3H3,(H,31,34). The molecule has 3 heterocycles. The topological polar surface area (TPSA) is 57.7 Å². The molecule has 2 aromatic carbocycles. The van der Waals surface area contributed by atoms with Gasteiger partial charge >= 0.3 is 0 Å². The highest BCUT2D eigenvalue weighted by Crippen LogP contribution is 2.45. The Morgan fingerprint density at radius 2 is 1.80 bits per heavy atom. The first-order chi connectivity index (χ1) is 16.9. The maximum absolute atomic E-state index is 12.4. The molecule has 0 radical (unpaired) electrons. The van der Waals surface area contributed by atoms with E-state index in [2.05, 4.69) is 51.5 Å². The highest BCUT2D eigenvalue weighted by atomic mass is 16.5. The Balaban J connectivity index is 1.11. The Labute approximate surface area is 208 Å². The van der Waals surface area contributed by atoms with Crippen LogP contribution in [0.25, 0.3) is 10.9 Å². The van der Waals surface area contributed by atoms with Gasteiger partial charge in [0, 0.05) is 37.1 Å². The number of aromatic nitrogens is 1. The minimum Gasteiger partial charge on any atom is -0.493 e. The van der Waals surface area contributed by atoms with Crippen LogP contribution in [0.15, 0.2) is 48.5 Å². The molecular formula is C29H36N4O2. The Morgan fingerprint density at radius 1 is 1.00 bits per heavy atom. The molecule has 0 atom stereocenters. The first-order valence-corrected chi connectivity index (χ1v) is 12.8. The molecule has 0 aliphatic carbocycles. The van der Waals surface area contributed by atoms with Crippen molar-refractivity contribution < 1.29 is 9.53 Å². The second kappa shape index (κ2) is 9.96. The van der Waals surface area contributed by atoms with Crippen molar-refractivity contribution in [3.8, 4) is 5.75 Å². The second-order valence-corrected chi connectivity index (χ2v) is 10.4. The summed E-state index contributed by atoms with van der Waals surface area (Å²) >= 11 is 0. The molecule has 0 bridgehead atoms. The average Bonchev–Trinajstić information content (AvgIpc) is 2.98.